The Morgan fingerprint density at radius 3 is 2.56 bits per heavy atom. The molecule has 0 saturated heterocycles. The Morgan fingerprint density at radius 1 is 0.963 bits per heavy atom. The van der Waals surface area contributed by atoms with Crippen molar-refractivity contribution in [2.75, 3.05) is 0 Å². The summed E-state index contributed by atoms with van der Waals surface area (Å²) < 4.78 is 1.23. The van der Waals surface area contributed by atoms with Crippen LogP contribution in [0.15, 0.2) is 59.5 Å². The van der Waals surface area contributed by atoms with E-state index in [1.165, 1.54) is 4.57 Å². The summed E-state index contributed by atoms with van der Waals surface area (Å²) in [6, 6.07) is 13.7. The summed E-state index contributed by atoms with van der Waals surface area (Å²) in [7, 11) is 0. The van der Waals surface area contributed by atoms with Crippen LogP contribution in [0.4, 0.5) is 0 Å². The van der Waals surface area contributed by atoms with E-state index in [0.29, 0.717) is 10.9 Å². The maximum absolute atomic E-state index is 13.0. The largest absolute Gasteiger partial charge is 0.361 e. The summed E-state index contributed by atoms with van der Waals surface area (Å²) in [6.07, 6.45) is 2.10. The molecular weight excluding hydrogens is 344 g/mol. The number of benzene rings is 2. The van der Waals surface area contributed by atoms with Gasteiger partial charge >= 0.3 is 0 Å². The molecule has 0 radical (unpaired) electrons. The van der Waals surface area contributed by atoms with Crippen molar-refractivity contribution in [3.05, 3.63) is 76.5 Å². The first-order valence-electron chi connectivity index (χ1n) is 8.55. The molecule has 7 heteroatoms. The van der Waals surface area contributed by atoms with Crippen molar-refractivity contribution in [1.29, 1.82) is 0 Å². The highest BCUT2D eigenvalue weighted by Crippen LogP contribution is 2.25. The van der Waals surface area contributed by atoms with Crippen molar-refractivity contribution < 1.29 is 9.59 Å². The fraction of sp³-hybridized carbons (Fsp3) is 0.100. The topological polar surface area (TPSA) is 96.8 Å². The smallest absolute Gasteiger partial charge is 0.294 e. The van der Waals surface area contributed by atoms with Crippen LogP contribution >= 0.6 is 0 Å². The monoisotopic (exact) mass is 358 g/mol. The molecule has 27 heavy (non-hydrogen) atoms. The van der Waals surface area contributed by atoms with Crippen molar-refractivity contribution in [2.45, 2.75) is 12.5 Å². The van der Waals surface area contributed by atoms with Crippen molar-refractivity contribution >= 4 is 33.6 Å². The molecule has 1 aliphatic heterocycles. The van der Waals surface area contributed by atoms with E-state index in [1.54, 1.807) is 24.3 Å². The molecule has 2 aromatic heterocycles. The average Bonchev–Trinajstić information content (AvgIpc) is 3.08. The zero-order valence-electron chi connectivity index (χ0n) is 14.1. The highest BCUT2D eigenvalue weighted by Gasteiger charge is 2.35. The van der Waals surface area contributed by atoms with E-state index in [9.17, 15) is 14.4 Å². The number of carbonyl (C=O) groups excluding carboxylic acids is 2. The van der Waals surface area contributed by atoms with Gasteiger partial charge in [0.2, 0.25) is 5.82 Å². The van der Waals surface area contributed by atoms with Crippen molar-refractivity contribution in [3.8, 4) is 0 Å². The Balaban J connectivity index is 1.71. The fourth-order valence-electron chi connectivity index (χ4n) is 3.66. The Hall–Kier alpha value is -3.74. The van der Waals surface area contributed by atoms with Crippen LogP contribution in [0, 0.1) is 0 Å². The lowest BCUT2D eigenvalue weighted by Gasteiger charge is -2.26. The van der Waals surface area contributed by atoms with Crippen LogP contribution in [-0.4, -0.2) is 26.3 Å². The Bertz CT molecular complexity index is 1300. The van der Waals surface area contributed by atoms with Crippen molar-refractivity contribution in [2.24, 2.45) is 0 Å². The minimum Gasteiger partial charge on any atom is -0.361 e. The van der Waals surface area contributed by atoms with Gasteiger partial charge in [-0.25, -0.2) is 4.98 Å². The molecule has 0 spiro atoms. The molecule has 2 N–H and O–H groups in total. The third kappa shape index (κ3) is 2.28. The molecule has 0 bridgehead atoms. The summed E-state index contributed by atoms with van der Waals surface area (Å²) in [4.78, 5) is 45.4. The van der Waals surface area contributed by atoms with Gasteiger partial charge in [-0.3, -0.25) is 24.3 Å². The number of imide groups is 1. The van der Waals surface area contributed by atoms with Crippen LogP contribution in [0.1, 0.15) is 22.2 Å². The lowest BCUT2D eigenvalue weighted by Crippen LogP contribution is -2.50. The number of carbonyl (C=O) groups is 2. The van der Waals surface area contributed by atoms with E-state index in [-0.39, 0.29) is 17.8 Å². The van der Waals surface area contributed by atoms with Gasteiger partial charge in [0.15, 0.2) is 0 Å². The Morgan fingerprint density at radius 2 is 1.70 bits per heavy atom. The summed E-state index contributed by atoms with van der Waals surface area (Å²) >= 11 is 0. The van der Waals surface area contributed by atoms with Crippen LogP contribution in [-0.2, 0) is 11.2 Å². The molecule has 132 valence electrons. The second-order valence-electron chi connectivity index (χ2n) is 6.53. The maximum Gasteiger partial charge on any atom is 0.294 e. The maximum atomic E-state index is 13.0. The van der Waals surface area contributed by atoms with Crippen LogP contribution in [0.3, 0.4) is 0 Å². The zero-order valence-corrected chi connectivity index (χ0v) is 14.1. The number of H-pyrrole nitrogens is 1. The third-order valence-corrected chi connectivity index (χ3v) is 4.95. The number of aromatic amines is 1. The summed E-state index contributed by atoms with van der Waals surface area (Å²) in [5.74, 6) is -1.20. The van der Waals surface area contributed by atoms with E-state index in [0.717, 1.165) is 16.5 Å². The highest BCUT2D eigenvalue weighted by atomic mass is 16.2. The number of nitrogens with one attached hydrogen (secondary N) is 2. The van der Waals surface area contributed by atoms with Crippen molar-refractivity contribution in [1.82, 2.24) is 19.9 Å². The van der Waals surface area contributed by atoms with E-state index < -0.39 is 17.9 Å². The normalized spacial score (nSPS) is 16.5. The van der Waals surface area contributed by atoms with E-state index in [1.807, 2.05) is 30.5 Å². The lowest BCUT2D eigenvalue weighted by molar-refractivity contribution is -0.124. The standard InChI is InChI=1S/C20H14N4O3/c25-18-16(9-11-10-21-14-7-3-1-5-12(11)14)24-17(19(26)23-18)22-15-8-4-2-6-13(15)20(24)27/h1-8,10,16,21H,9H2,(H,23,25,26)/t16-/m1/s1. The first-order valence-corrected chi connectivity index (χ1v) is 8.55. The molecule has 2 amide bonds. The minimum atomic E-state index is -0.846. The molecule has 0 aliphatic carbocycles. The first kappa shape index (κ1) is 15.5. The molecule has 3 heterocycles. The van der Waals surface area contributed by atoms with Gasteiger partial charge in [-0.1, -0.05) is 30.3 Å². The fourth-order valence-corrected chi connectivity index (χ4v) is 3.66. The molecule has 1 aliphatic rings. The molecule has 7 nitrogen and oxygen atoms in total. The summed E-state index contributed by atoms with van der Waals surface area (Å²) in [5.41, 5.74) is 1.89. The van der Waals surface area contributed by atoms with Crippen LogP contribution < -0.4 is 10.9 Å². The lowest BCUT2D eigenvalue weighted by atomic mass is 10.0. The second-order valence-corrected chi connectivity index (χ2v) is 6.53. The number of amides is 2. The van der Waals surface area contributed by atoms with Gasteiger partial charge in [-0.05, 0) is 23.8 Å². The summed E-state index contributed by atoms with van der Waals surface area (Å²) in [5, 5.41) is 3.69. The highest BCUT2D eigenvalue weighted by molar-refractivity contribution is 6.07. The van der Waals surface area contributed by atoms with E-state index >= 15 is 0 Å². The SMILES string of the molecule is O=C1NC(=O)[C@@H](Cc2c[nH]c3ccccc23)n2c1nc1ccccc1c2=O. The summed E-state index contributed by atoms with van der Waals surface area (Å²) in [6.45, 7) is 0. The van der Waals surface area contributed by atoms with Gasteiger partial charge in [0.05, 0.1) is 10.9 Å². The molecule has 0 unspecified atom stereocenters. The number of nitrogens with zero attached hydrogens (tertiary/aromatic N) is 2. The number of aromatic nitrogens is 3. The third-order valence-electron chi connectivity index (χ3n) is 4.95. The number of fused-ring (bicyclic) bond motifs is 3. The van der Waals surface area contributed by atoms with Gasteiger partial charge < -0.3 is 4.98 Å². The Kier molecular flexibility index (Phi) is 3.24. The van der Waals surface area contributed by atoms with E-state index in [2.05, 4.69) is 15.3 Å². The average molecular weight is 358 g/mol. The predicted octanol–water partition coefficient (Wildman–Crippen LogP) is 1.93. The number of hydrogen-bond donors (Lipinski definition) is 2. The minimum absolute atomic E-state index is 0.0388. The van der Waals surface area contributed by atoms with Crippen LogP contribution in [0.5, 0.6) is 0 Å². The molecule has 2 aromatic carbocycles. The van der Waals surface area contributed by atoms with Crippen molar-refractivity contribution in [3.63, 3.8) is 0 Å². The molecule has 0 fully saturated rings. The molecule has 1 atom stereocenters. The van der Waals surface area contributed by atoms with Crippen LogP contribution in [0.25, 0.3) is 21.8 Å². The van der Waals surface area contributed by atoms with Crippen LogP contribution in [0.2, 0.25) is 0 Å². The van der Waals surface area contributed by atoms with Gasteiger partial charge in [-0.2, -0.15) is 0 Å². The molecule has 0 saturated carbocycles. The number of hydrogen-bond acceptors (Lipinski definition) is 4. The molecule has 4 aromatic rings. The number of para-hydroxylation sites is 2. The quantitative estimate of drug-likeness (QED) is 0.535. The molecular formula is C20H14N4O3. The zero-order chi connectivity index (χ0) is 18.5. The van der Waals surface area contributed by atoms with Gasteiger partial charge in [0.25, 0.3) is 17.4 Å². The first-order chi connectivity index (χ1) is 13.1. The Labute approximate surface area is 152 Å². The van der Waals surface area contributed by atoms with Gasteiger partial charge in [0, 0.05) is 23.5 Å². The molecule has 5 rings (SSSR count). The van der Waals surface area contributed by atoms with E-state index in [4.69, 9.17) is 0 Å². The number of rotatable bonds is 2. The predicted molar refractivity (Wildman–Crippen MR) is 99.5 cm³/mol. The second kappa shape index (κ2) is 5.63. The van der Waals surface area contributed by atoms with Gasteiger partial charge in [0.1, 0.15) is 6.04 Å². The van der Waals surface area contributed by atoms with Gasteiger partial charge in [-0.15, -0.1) is 0 Å².